The summed E-state index contributed by atoms with van der Waals surface area (Å²) in [5.74, 6) is 0.130. The van der Waals surface area contributed by atoms with Crippen molar-refractivity contribution in [1.82, 2.24) is 10.3 Å². The van der Waals surface area contributed by atoms with E-state index in [-0.39, 0.29) is 11.8 Å². The summed E-state index contributed by atoms with van der Waals surface area (Å²) in [6.45, 7) is 2.71. The van der Waals surface area contributed by atoms with E-state index in [0.29, 0.717) is 5.56 Å². The first kappa shape index (κ1) is 12.1. The van der Waals surface area contributed by atoms with Gasteiger partial charge in [-0.3, -0.25) is 9.78 Å². The summed E-state index contributed by atoms with van der Waals surface area (Å²) in [4.78, 5) is 16.6. The molecule has 96 valence electrons. The van der Waals surface area contributed by atoms with Gasteiger partial charge in [-0.15, -0.1) is 0 Å². The fourth-order valence-corrected chi connectivity index (χ4v) is 2.53. The van der Waals surface area contributed by atoms with Gasteiger partial charge in [-0.25, -0.2) is 0 Å². The second-order valence-corrected chi connectivity index (χ2v) is 5.02. The Hall–Kier alpha value is -2.00. The number of aromatic nitrogens is 1. The van der Waals surface area contributed by atoms with Gasteiger partial charge in [-0.2, -0.15) is 0 Å². The number of benzene rings is 1. The quantitative estimate of drug-likeness (QED) is 0.834. The van der Waals surface area contributed by atoms with Gasteiger partial charge in [0, 0.05) is 24.5 Å². The van der Waals surface area contributed by atoms with Gasteiger partial charge in [-0.1, -0.05) is 24.3 Å². The third-order valence-corrected chi connectivity index (χ3v) is 3.56. The van der Waals surface area contributed by atoms with Crippen molar-refractivity contribution in [2.75, 3.05) is 0 Å². The topological polar surface area (TPSA) is 42.0 Å². The minimum absolute atomic E-state index is 0.130. The molecule has 0 saturated heterocycles. The number of fused-ring (bicyclic) bond motifs is 1. The predicted molar refractivity (Wildman–Crippen MR) is 74.1 cm³/mol. The van der Waals surface area contributed by atoms with Crippen LogP contribution in [0.4, 0.5) is 0 Å². The Labute approximate surface area is 112 Å². The SMILES string of the molecule is Cc1cncc(C(=O)C2Cc3ccccc3CN2)c1. The number of rotatable bonds is 2. The first-order valence-electron chi connectivity index (χ1n) is 6.50. The molecule has 1 aromatic heterocycles. The molecule has 1 N–H and O–H groups in total. The van der Waals surface area contributed by atoms with Crippen LogP contribution in [-0.2, 0) is 13.0 Å². The molecule has 3 nitrogen and oxygen atoms in total. The third kappa shape index (κ3) is 2.42. The van der Waals surface area contributed by atoms with E-state index in [2.05, 4.69) is 22.4 Å². The molecule has 2 heterocycles. The second kappa shape index (κ2) is 4.94. The van der Waals surface area contributed by atoms with Crippen LogP contribution >= 0.6 is 0 Å². The molecule has 0 radical (unpaired) electrons. The third-order valence-electron chi connectivity index (χ3n) is 3.56. The highest BCUT2D eigenvalue weighted by Crippen LogP contribution is 2.18. The van der Waals surface area contributed by atoms with E-state index in [0.717, 1.165) is 18.5 Å². The van der Waals surface area contributed by atoms with E-state index in [1.165, 1.54) is 11.1 Å². The molecule has 0 bridgehead atoms. The summed E-state index contributed by atoms with van der Waals surface area (Å²) in [7, 11) is 0. The van der Waals surface area contributed by atoms with Crippen LogP contribution in [0.5, 0.6) is 0 Å². The van der Waals surface area contributed by atoms with Crippen LogP contribution in [0.25, 0.3) is 0 Å². The van der Waals surface area contributed by atoms with Crippen molar-refractivity contribution in [3.63, 3.8) is 0 Å². The van der Waals surface area contributed by atoms with Crippen LogP contribution in [0.15, 0.2) is 42.7 Å². The summed E-state index contributed by atoms with van der Waals surface area (Å²) >= 11 is 0. The zero-order valence-electron chi connectivity index (χ0n) is 10.9. The van der Waals surface area contributed by atoms with Crippen molar-refractivity contribution in [1.29, 1.82) is 0 Å². The van der Waals surface area contributed by atoms with Crippen molar-refractivity contribution in [2.24, 2.45) is 0 Å². The van der Waals surface area contributed by atoms with Gasteiger partial charge in [0.15, 0.2) is 5.78 Å². The first-order valence-corrected chi connectivity index (χ1v) is 6.50. The lowest BCUT2D eigenvalue weighted by Crippen LogP contribution is -2.41. The molecule has 3 rings (SSSR count). The predicted octanol–water partition coefficient (Wildman–Crippen LogP) is 2.29. The smallest absolute Gasteiger partial charge is 0.181 e. The fraction of sp³-hybridized carbons (Fsp3) is 0.250. The van der Waals surface area contributed by atoms with Gasteiger partial charge in [0.1, 0.15) is 0 Å². The maximum Gasteiger partial charge on any atom is 0.181 e. The molecule has 1 unspecified atom stereocenters. The summed E-state index contributed by atoms with van der Waals surface area (Å²) in [6.07, 6.45) is 4.17. The number of aryl methyl sites for hydroxylation is 1. The van der Waals surface area contributed by atoms with Gasteiger partial charge >= 0.3 is 0 Å². The Kier molecular flexibility index (Phi) is 3.13. The van der Waals surface area contributed by atoms with Crippen molar-refractivity contribution in [3.8, 4) is 0 Å². The van der Waals surface area contributed by atoms with Crippen LogP contribution in [0, 0.1) is 6.92 Å². The molecule has 1 aromatic carbocycles. The lowest BCUT2D eigenvalue weighted by molar-refractivity contribution is 0.0937. The summed E-state index contributed by atoms with van der Waals surface area (Å²) in [5, 5.41) is 3.32. The van der Waals surface area contributed by atoms with E-state index < -0.39 is 0 Å². The number of nitrogens with zero attached hydrogens (tertiary/aromatic N) is 1. The van der Waals surface area contributed by atoms with Crippen molar-refractivity contribution in [3.05, 3.63) is 65.0 Å². The van der Waals surface area contributed by atoms with Crippen LogP contribution in [0.3, 0.4) is 0 Å². The van der Waals surface area contributed by atoms with Gasteiger partial charge in [0.05, 0.1) is 6.04 Å². The van der Waals surface area contributed by atoms with Gasteiger partial charge in [-0.05, 0) is 36.1 Å². The molecule has 0 fully saturated rings. The number of Topliss-reactive ketones (excluding diaryl/α,β-unsaturated/α-hetero) is 1. The highest BCUT2D eigenvalue weighted by atomic mass is 16.1. The lowest BCUT2D eigenvalue weighted by atomic mass is 9.91. The van der Waals surface area contributed by atoms with E-state index in [1.54, 1.807) is 12.4 Å². The first-order chi connectivity index (χ1) is 9.24. The monoisotopic (exact) mass is 252 g/mol. The summed E-state index contributed by atoms with van der Waals surface area (Å²) in [5.41, 5.74) is 4.26. The maximum absolute atomic E-state index is 12.5. The molecule has 0 spiro atoms. The standard InChI is InChI=1S/C16H16N2O/c1-11-6-14(9-17-8-11)16(19)15-7-12-4-2-3-5-13(12)10-18-15/h2-6,8-9,15,18H,7,10H2,1H3. The Bertz CT molecular complexity index is 622. The van der Waals surface area contributed by atoms with E-state index in [1.807, 2.05) is 25.1 Å². The normalized spacial score (nSPS) is 17.8. The Morgan fingerprint density at radius 2 is 2.05 bits per heavy atom. The lowest BCUT2D eigenvalue weighted by Gasteiger charge is -2.25. The highest BCUT2D eigenvalue weighted by molar-refractivity contribution is 6.00. The number of hydrogen-bond acceptors (Lipinski definition) is 3. The molecule has 2 aromatic rings. The van der Waals surface area contributed by atoms with E-state index in [4.69, 9.17) is 0 Å². The van der Waals surface area contributed by atoms with Crippen LogP contribution in [0.1, 0.15) is 27.0 Å². The molecule has 1 atom stereocenters. The minimum Gasteiger partial charge on any atom is -0.303 e. The van der Waals surface area contributed by atoms with Crippen LogP contribution in [0.2, 0.25) is 0 Å². The average Bonchev–Trinajstić information content (AvgIpc) is 2.46. The number of nitrogens with one attached hydrogen (secondary N) is 1. The molecule has 0 aliphatic carbocycles. The van der Waals surface area contributed by atoms with Gasteiger partial charge < -0.3 is 5.32 Å². The van der Waals surface area contributed by atoms with E-state index in [9.17, 15) is 4.79 Å². The highest BCUT2D eigenvalue weighted by Gasteiger charge is 2.24. The number of hydrogen-bond donors (Lipinski definition) is 1. The maximum atomic E-state index is 12.5. The van der Waals surface area contributed by atoms with Crippen LogP contribution < -0.4 is 5.32 Å². The summed E-state index contributed by atoms with van der Waals surface area (Å²) in [6, 6.07) is 10.0. The van der Waals surface area contributed by atoms with Gasteiger partial charge in [0.2, 0.25) is 0 Å². The molecule has 1 aliphatic heterocycles. The number of ketones is 1. The molecule has 0 saturated carbocycles. The number of pyridine rings is 1. The number of carbonyl (C=O) groups excluding carboxylic acids is 1. The Morgan fingerprint density at radius 3 is 2.84 bits per heavy atom. The molecular weight excluding hydrogens is 236 g/mol. The molecule has 19 heavy (non-hydrogen) atoms. The second-order valence-electron chi connectivity index (χ2n) is 5.02. The van der Waals surface area contributed by atoms with Crippen molar-refractivity contribution < 1.29 is 4.79 Å². The Balaban J connectivity index is 1.83. The summed E-state index contributed by atoms with van der Waals surface area (Å²) < 4.78 is 0. The van der Waals surface area contributed by atoms with Crippen LogP contribution in [-0.4, -0.2) is 16.8 Å². The molecular formula is C16H16N2O. The Morgan fingerprint density at radius 1 is 1.26 bits per heavy atom. The zero-order chi connectivity index (χ0) is 13.2. The molecule has 0 amide bonds. The minimum atomic E-state index is -0.140. The number of carbonyl (C=O) groups is 1. The zero-order valence-corrected chi connectivity index (χ0v) is 10.9. The fourth-order valence-electron chi connectivity index (χ4n) is 2.53. The van der Waals surface area contributed by atoms with Crippen molar-refractivity contribution in [2.45, 2.75) is 25.9 Å². The molecule has 3 heteroatoms. The van der Waals surface area contributed by atoms with Gasteiger partial charge in [0.25, 0.3) is 0 Å². The van der Waals surface area contributed by atoms with E-state index >= 15 is 0 Å². The molecule has 1 aliphatic rings. The van der Waals surface area contributed by atoms with Crippen molar-refractivity contribution >= 4 is 5.78 Å². The average molecular weight is 252 g/mol. The largest absolute Gasteiger partial charge is 0.303 e.